The molecule has 0 spiro atoms. The predicted molar refractivity (Wildman–Crippen MR) is 82.4 cm³/mol. The maximum Gasteiger partial charge on any atom is 0.275 e. The molecule has 4 nitrogen and oxygen atoms in total. The first-order valence-electron chi connectivity index (χ1n) is 6.20. The molecule has 1 aromatic carbocycles. The molecule has 1 atom stereocenters. The number of carbonyl (C=O) groups is 1. The van der Waals surface area contributed by atoms with Crippen molar-refractivity contribution in [1.82, 2.24) is 14.9 Å². The third kappa shape index (κ3) is 2.71. The molecule has 0 bridgehead atoms. The Morgan fingerprint density at radius 3 is 2.80 bits per heavy atom. The van der Waals surface area contributed by atoms with Crippen molar-refractivity contribution in [3.63, 3.8) is 0 Å². The maximum absolute atomic E-state index is 12.5. The van der Waals surface area contributed by atoms with Crippen LogP contribution in [0.3, 0.4) is 0 Å². The highest BCUT2D eigenvalue weighted by molar-refractivity contribution is 9.10. The summed E-state index contributed by atoms with van der Waals surface area (Å²) >= 11 is 5.20. The lowest BCUT2D eigenvalue weighted by Crippen LogP contribution is -2.31. The molecule has 0 aliphatic carbocycles. The van der Waals surface area contributed by atoms with Crippen molar-refractivity contribution in [2.45, 2.75) is 5.37 Å². The number of halogens is 1. The van der Waals surface area contributed by atoms with Gasteiger partial charge in [-0.05, 0) is 17.7 Å². The van der Waals surface area contributed by atoms with Gasteiger partial charge in [-0.1, -0.05) is 28.1 Å². The van der Waals surface area contributed by atoms with Crippen LogP contribution in [-0.4, -0.2) is 33.1 Å². The topological polar surface area (TPSA) is 46.1 Å². The van der Waals surface area contributed by atoms with Crippen LogP contribution in [-0.2, 0) is 0 Å². The van der Waals surface area contributed by atoms with Crippen molar-refractivity contribution in [2.75, 3.05) is 12.3 Å². The van der Waals surface area contributed by atoms with Crippen LogP contribution < -0.4 is 0 Å². The van der Waals surface area contributed by atoms with Gasteiger partial charge < -0.3 is 4.90 Å². The largest absolute Gasteiger partial charge is 0.320 e. The van der Waals surface area contributed by atoms with Crippen molar-refractivity contribution < 1.29 is 4.79 Å². The second-order valence-electron chi connectivity index (χ2n) is 4.36. The molecule has 1 fully saturated rings. The van der Waals surface area contributed by atoms with E-state index in [2.05, 4.69) is 25.9 Å². The third-order valence-corrected chi connectivity index (χ3v) is 4.88. The van der Waals surface area contributed by atoms with Crippen molar-refractivity contribution in [1.29, 1.82) is 0 Å². The van der Waals surface area contributed by atoms with Gasteiger partial charge in [-0.2, -0.15) is 0 Å². The summed E-state index contributed by atoms with van der Waals surface area (Å²) in [6.07, 6.45) is 4.64. The van der Waals surface area contributed by atoms with Crippen LogP contribution in [0.5, 0.6) is 0 Å². The summed E-state index contributed by atoms with van der Waals surface area (Å²) in [5.74, 6) is 0.878. The molecule has 0 saturated carbocycles. The summed E-state index contributed by atoms with van der Waals surface area (Å²) in [6, 6.07) is 8.09. The highest BCUT2D eigenvalue weighted by Crippen LogP contribution is 2.38. The molecule has 1 aliphatic rings. The number of carbonyl (C=O) groups excluding carboxylic acids is 1. The number of aromatic nitrogens is 2. The average Bonchev–Trinajstić information content (AvgIpc) is 2.97. The summed E-state index contributed by atoms with van der Waals surface area (Å²) < 4.78 is 1.04. The first kappa shape index (κ1) is 13.6. The van der Waals surface area contributed by atoms with Crippen LogP contribution >= 0.6 is 27.7 Å². The van der Waals surface area contributed by atoms with E-state index in [0.717, 1.165) is 22.3 Å². The number of nitrogens with zero attached hydrogens (tertiary/aromatic N) is 3. The van der Waals surface area contributed by atoms with Gasteiger partial charge >= 0.3 is 0 Å². The first-order chi connectivity index (χ1) is 9.75. The minimum absolute atomic E-state index is 0.0533. The molecular formula is C14H12BrN3OS. The minimum Gasteiger partial charge on any atom is -0.320 e. The van der Waals surface area contributed by atoms with Crippen LogP contribution in [0.15, 0.2) is 47.3 Å². The fourth-order valence-corrected chi connectivity index (χ4v) is 3.66. The van der Waals surface area contributed by atoms with Crippen LogP contribution in [0, 0.1) is 0 Å². The van der Waals surface area contributed by atoms with E-state index in [1.54, 1.807) is 24.2 Å². The van der Waals surface area contributed by atoms with E-state index in [1.807, 2.05) is 29.2 Å². The molecule has 2 aromatic rings. The normalized spacial score (nSPS) is 18.2. The Kier molecular flexibility index (Phi) is 4.03. The van der Waals surface area contributed by atoms with Gasteiger partial charge in [-0.3, -0.25) is 9.78 Å². The molecule has 2 heterocycles. The second kappa shape index (κ2) is 5.93. The Labute approximate surface area is 129 Å². The van der Waals surface area contributed by atoms with Crippen molar-refractivity contribution in [3.8, 4) is 0 Å². The summed E-state index contributed by atoms with van der Waals surface area (Å²) in [7, 11) is 0. The highest BCUT2D eigenvalue weighted by Gasteiger charge is 2.31. The zero-order valence-electron chi connectivity index (χ0n) is 10.6. The van der Waals surface area contributed by atoms with Gasteiger partial charge in [0.05, 0.1) is 6.20 Å². The molecule has 102 valence electrons. The van der Waals surface area contributed by atoms with Gasteiger partial charge in [0, 0.05) is 29.2 Å². The van der Waals surface area contributed by atoms with Crippen molar-refractivity contribution in [2.24, 2.45) is 0 Å². The van der Waals surface area contributed by atoms with E-state index in [0.29, 0.717) is 5.69 Å². The molecule has 3 rings (SSSR count). The van der Waals surface area contributed by atoms with Gasteiger partial charge in [-0.25, -0.2) is 4.98 Å². The standard InChI is InChI=1S/C14H12BrN3OS/c15-11-3-1-10(2-4-11)14-18(7-8-20-14)13(19)12-9-16-5-6-17-12/h1-6,9,14H,7-8H2. The number of hydrogen-bond donors (Lipinski definition) is 0. The lowest BCUT2D eigenvalue weighted by atomic mass is 10.2. The Morgan fingerprint density at radius 2 is 2.10 bits per heavy atom. The van der Waals surface area contributed by atoms with Gasteiger partial charge in [0.1, 0.15) is 11.1 Å². The van der Waals surface area contributed by atoms with E-state index in [1.165, 1.54) is 6.20 Å². The lowest BCUT2D eigenvalue weighted by Gasteiger charge is -2.23. The Bertz CT molecular complexity index is 606. The van der Waals surface area contributed by atoms with Gasteiger partial charge in [-0.15, -0.1) is 11.8 Å². The number of hydrogen-bond acceptors (Lipinski definition) is 4. The smallest absolute Gasteiger partial charge is 0.275 e. The Balaban J connectivity index is 1.86. The summed E-state index contributed by atoms with van der Waals surface area (Å²) in [5, 5.41) is 0.0533. The zero-order chi connectivity index (χ0) is 13.9. The summed E-state index contributed by atoms with van der Waals surface area (Å²) in [5.41, 5.74) is 1.53. The quantitative estimate of drug-likeness (QED) is 0.835. The van der Waals surface area contributed by atoms with E-state index < -0.39 is 0 Å². The molecule has 1 unspecified atom stereocenters. The number of rotatable bonds is 2. The average molecular weight is 350 g/mol. The van der Waals surface area contributed by atoms with Crippen LogP contribution in [0.1, 0.15) is 21.4 Å². The first-order valence-corrected chi connectivity index (χ1v) is 8.04. The van der Waals surface area contributed by atoms with Gasteiger partial charge in [0.25, 0.3) is 5.91 Å². The minimum atomic E-state index is -0.0592. The highest BCUT2D eigenvalue weighted by atomic mass is 79.9. The van der Waals surface area contributed by atoms with Crippen LogP contribution in [0.2, 0.25) is 0 Å². The van der Waals surface area contributed by atoms with Crippen LogP contribution in [0.25, 0.3) is 0 Å². The fraction of sp³-hybridized carbons (Fsp3) is 0.214. The molecular weight excluding hydrogens is 338 g/mol. The SMILES string of the molecule is O=C(c1cnccn1)N1CCSC1c1ccc(Br)cc1. The van der Waals surface area contributed by atoms with E-state index in [4.69, 9.17) is 0 Å². The molecule has 1 saturated heterocycles. The molecule has 0 radical (unpaired) electrons. The van der Waals surface area contributed by atoms with E-state index in [-0.39, 0.29) is 11.3 Å². The molecule has 1 aliphatic heterocycles. The lowest BCUT2D eigenvalue weighted by molar-refractivity contribution is 0.0754. The molecule has 20 heavy (non-hydrogen) atoms. The third-order valence-electron chi connectivity index (χ3n) is 3.09. The van der Waals surface area contributed by atoms with Crippen molar-refractivity contribution >= 4 is 33.6 Å². The maximum atomic E-state index is 12.5. The zero-order valence-corrected chi connectivity index (χ0v) is 13.0. The monoisotopic (exact) mass is 349 g/mol. The number of thioether (sulfide) groups is 1. The number of benzene rings is 1. The Hall–Kier alpha value is -1.40. The van der Waals surface area contributed by atoms with Gasteiger partial charge in [0.15, 0.2) is 0 Å². The fourth-order valence-electron chi connectivity index (χ4n) is 2.14. The van der Waals surface area contributed by atoms with Gasteiger partial charge in [0.2, 0.25) is 0 Å². The Morgan fingerprint density at radius 1 is 1.30 bits per heavy atom. The molecule has 0 N–H and O–H groups in total. The van der Waals surface area contributed by atoms with Crippen molar-refractivity contribution in [3.05, 3.63) is 58.6 Å². The molecule has 6 heteroatoms. The number of amides is 1. The molecule has 1 amide bonds. The second-order valence-corrected chi connectivity index (χ2v) is 6.47. The predicted octanol–water partition coefficient (Wildman–Crippen LogP) is 3.13. The van der Waals surface area contributed by atoms with E-state index >= 15 is 0 Å². The van der Waals surface area contributed by atoms with Crippen LogP contribution in [0.4, 0.5) is 0 Å². The summed E-state index contributed by atoms with van der Waals surface area (Å²) in [6.45, 7) is 0.737. The summed E-state index contributed by atoms with van der Waals surface area (Å²) in [4.78, 5) is 22.4. The molecule has 1 aromatic heterocycles. The van der Waals surface area contributed by atoms with E-state index in [9.17, 15) is 4.79 Å².